The average molecular weight is 478 g/mol. The summed E-state index contributed by atoms with van der Waals surface area (Å²) in [7, 11) is 0.977. The maximum atomic E-state index is 3.55. The largest absolute Gasteiger partial charge is 0.0654 e. The molecule has 0 nitrogen and oxygen atoms in total. The van der Waals surface area contributed by atoms with Gasteiger partial charge in [-0.25, -0.2) is 0 Å². The maximum absolute atomic E-state index is 3.55. The monoisotopic (exact) mass is 476 g/mol. The molecule has 0 aliphatic heterocycles. The Morgan fingerprint density at radius 3 is 1.14 bits per heavy atom. The molecule has 0 aromatic rings. The second-order valence-electron chi connectivity index (χ2n) is 9.33. The molecule has 1 atom stereocenters. The van der Waals surface area contributed by atoms with Gasteiger partial charge >= 0.3 is 0 Å². The van der Waals surface area contributed by atoms with Crippen LogP contribution in [0.3, 0.4) is 0 Å². The second-order valence-corrected chi connectivity index (χ2v) is 11.8. The summed E-state index contributed by atoms with van der Waals surface area (Å²) >= 11 is 3.55. The van der Waals surface area contributed by atoms with Gasteiger partial charge in [-0.2, -0.15) is 0 Å². The van der Waals surface area contributed by atoms with Gasteiger partial charge in [0, 0.05) is 0 Å². The molecule has 0 bridgehead atoms. The molecule has 0 radical (unpaired) electrons. The molecule has 0 saturated heterocycles. The Labute approximate surface area is 189 Å². The highest BCUT2D eigenvalue weighted by atomic mass is 79.9. The van der Waals surface area contributed by atoms with Crippen molar-refractivity contribution in [1.82, 2.24) is 0 Å². The fourth-order valence-corrected chi connectivity index (χ4v) is 5.91. The van der Waals surface area contributed by atoms with E-state index in [0.717, 1.165) is 7.28 Å². The van der Waals surface area contributed by atoms with E-state index in [9.17, 15) is 0 Å². The van der Waals surface area contributed by atoms with E-state index in [-0.39, 0.29) is 0 Å². The Morgan fingerprint density at radius 1 is 0.464 bits per heavy atom. The van der Waals surface area contributed by atoms with Crippen molar-refractivity contribution in [1.29, 1.82) is 0 Å². The van der Waals surface area contributed by atoms with Gasteiger partial charge < -0.3 is 0 Å². The van der Waals surface area contributed by atoms with E-state index in [0.29, 0.717) is 5.41 Å². The molecule has 0 fully saturated rings. The van der Waals surface area contributed by atoms with Gasteiger partial charge in [-0.1, -0.05) is 146 Å². The van der Waals surface area contributed by atoms with Crippen LogP contribution in [0.25, 0.3) is 0 Å². The Bertz CT molecular complexity index is 270. The number of hydrogen-bond acceptors (Lipinski definition) is 0. The molecule has 0 aromatic heterocycles. The molecule has 0 N–H and O–H groups in total. The summed E-state index contributed by atoms with van der Waals surface area (Å²) in [6, 6.07) is 0. The Balaban J connectivity index is 3.84. The molecule has 0 spiro atoms. The van der Waals surface area contributed by atoms with Crippen LogP contribution in [0.15, 0.2) is 0 Å². The lowest BCUT2D eigenvalue weighted by atomic mass is 9.71. The first-order chi connectivity index (χ1) is 13.7. The number of rotatable bonds is 23. The molecule has 0 heterocycles. The fraction of sp³-hybridized carbons (Fsp3) is 1.00. The molecule has 0 amide bonds. The molecule has 0 aromatic carbocycles. The summed E-state index contributed by atoms with van der Waals surface area (Å²) in [5.74, 6) is 0. The van der Waals surface area contributed by atoms with Crippen molar-refractivity contribution < 1.29 is 0 Å². The molecule has 0 saturated carbocycles. The number of hydrogen-bond donors (Lipinski definition) is 0. The predicted octanol–water partition coefficient (Wildman–Crippen LogP) is 11.2. The summed E-state index contributed by atoms with van der Waals surface area (Å²) < 4.78 is 0. The summed E-state index contributed by atoms with van der Waals surface area (Å²) in [6.45, 7) is 7.11. The minimum Gasteiger partial charge on any atom is -0.0654 e. The van der Waals surface area contributed by atoms with Crippen LogP contribution in [0.1, 0.15) is 156 Å². The number of unbranched alkanes of at least 4 members (excludes halogenated alkanes) is 13. The van der Waals surface area contributed by atoms with E-state index in [1.54, 1.807) is 0 Å². The molecule has 170 valence electrons. The van der Waals surface area contributed by atoms with E-state index in [1.165, 1.54) is 141 Å². The Kier molecular flexibility index (Phi) is 23.3. The first-order valence-electron chi connectivity index (χ1n) is 13.1. The van der Waals surface area contributed by atoms with Gasteiger partial charge in [-0.05, 0) is 43.7 Å². The van der Waals surface area contributed by atoms with Crippen molar-refractivity contribution in [2.24, 2.45) is 5.41 Å². The van der Waals surface area contributed by atoms with Crippen molar-refractivity contribution in [3.05, 3.63) is 0 Å². The highest BCUT2D eigenvalue weighted by Crippen LogP contribution is 2.41. The van der Waals surface area contributed by atoms with E-state index < -0.39 is 0 Å². The third-order valence-corrected chi connectivity index (χ3v) is 8.39. The van der Waals surface area contributed by atoms with Crippen LogP contribution in [-0.2, 0) is 0 Å². The molecule has 28 heavy (non-hydrogen) atoms. The lowest BCUT2D eigenvalue weighted by Gasteiger charge is -2.35. The Hall–Kier alpha value is 0.910. The average Bonchev–Trinajstić information content (AvgIpc) is 2.72. The third-order valence-electron chi connectivity index (χ3n) is 6.66. The first-order valence-corrected chi connectivity index (χ1v) is 16.5. The fourth-order valence-electron chi connectivity index (χ4n) is 4.69. The zero-order valence-electron chi connectivity index (χ0n) is 19.9. The first kappa shape index (κ1) is 28.9. The molecular weight excluding hydrogens is 423 g/mol. The third kappa shape index (κ3) is 17.7. The van der Waals surface area contributed by atoms with Gasteiger partial charge in [0.1, 0.15) is 0 Å². The van der Waals surface area contributed by atoms with Gasteiger partial charge in [0.05, 0.1) is 0 Å². The summed E-state index contributed by atoms with van der Waals surface area (Å²) in [5.41, 5.74) is 0.692. The quantitative estimate of drug-likeness (QED) is 0.101. The van der Waals surface area contributed by atoms with E-state index in [4.69, 9.17) is 0 Å². The number of halogens is 1. The lowest BCUT2D eigenvalue weighted by Crippen LogP contribution is -2.21. The molecule has 0 aliphatic rings. The summed E-state index contributed by atoms with van der Waals surface area (Å²) in [5, 5.41) is 0. The Morgan fingerprint density at radius 2 is 0.786 bits per heavy atom. The molecule has 1 unspecified atom stereocenters. The van der Waals surface area contributed by atoms with Crippen molar-refractivity contribution in [2.45, 2.75) is 156 Å². The van der Waals surface area contributed by atoms with Crippen LogP contribution in [0.4, 0.5) is 0 Å². The van der Waals surface area contributed by atoms with Crippen LogP contribution in [0.2, 0.25) is 0 Å². The van der Waals surface area contributed by atoms with Crippen LogP contribution in [-0.4, -0.2) is 6.16 Å². The summed E-state index contributed by atoms with van der Waals surface area (Å²) in [6.07, 6.45) is 32.1. The van der Waals surface area contributed by atoms with Gasteiger partial charge in [0.2, 0.25) is 0 Å². The minimum absolute atomic E-state index is 0.692. The maximum Gasteiger partial charge on any atom is -0.0255 e. The summed E-state index contributed by atoms with van der Waals surface area (Å²) in [4.78, 5) is 0. The molecule has 2 heteroatoms. The zero-order chi connectivity index (χ0) is 20.8. The van der Waals surface area contributed by atoms with Crippen LogP contribution in [0.5, 0.6) is 0 Å². The van der Waals surface area contributed by atoms with Gasteiger partial charge in [0.15, 0.2) is 0 Å². The molecule has 0 aliphatic carbocycles. The van der Waals surface area contributed by atoms with Crippen LogP contribution >= 0.6 is 22.8 Å². The minimum atomic E-state index is 0.692. The highest BCUT2D eigenvalue weighted by molar-refractivity contribution is 9.36. The SMILES string of the molecule is CCCCC(CCCC)(CCCC)CCCCCCCCCCCCCPBr. The predicted molar refractivity (Wildman–Crippen MR) is 139 cm³/mol. The van der Waals surface area contributed by atoms with Crippen LogP contribution in [0, 0.1) is 5.41 Å². The van der Waals surface area contributed by atoms with E-state index in [2.05, 4.69) is 36.3 Å². The normalized spacial score (nSPS) is 12.4. The standard InChI is InChI=1S/C26H54BrP/c1-4-7-21-26(22-8-5-2,23-9-6-3)24-19-17-15-13-11-10-12-14-16-18-20-25-28-27/h28H,4-25H2,1-3H3. The molecule has 0 rings (SSSR count). The van der Waals surface area contributed by atoms with Gasteiger partial charge in [-0.3, -0.25) is 0 Å². The van der Waals surface area contributed by atoms with Gasteiger partial charge in [-0.15, -0.1) is 0 Å². The zero-order valence-corrected chi connectivity index (χ0v) is 22.5. The highest BCUT2D eigenvalue weighted by Gasteiger charge is 2.27. The van der Waals surface area contributed by atoms with E-state index >= 15 is 0 Å². The van der Waals surface area contributed by atoms with E-state index in [1.807, 2.05) is 0 Å². The smallest absolute Gasteiger partial charge is 0.0255 e. The molecular formula is C26H54BrP. The van der Waals surface area contributed by atoms with Crippen molar-refractivity contribution in [3.63, 3.8) is 0 Å². The topological polar surface area (TPSA) is 0 Å². The van der Waals surface area contributed by atoms with Crippen molar-refractivity contribution >= 4 is 22.8 Å². The van der Waals surface area contributed by atoms with Crippen molar-refractivity contribution in [2.75, 3.05) is 6.16 Å². The van der Waals surface area contributed by atoms with Crippen LogP contribution < -0.4 is 0 Å². The second kappa shape index (κ2) is 22.6. The lowest BCUT2D eigenvalue weighted by molar-refractivity contribution is 0.175. The van der Waals surface area contributed by atoms with Crippen molar-refractivity contribution in [3.8, 4) is 0 Å². The van der Waals surface area contributed by atoms with Gasteiger partial charge in [0.25, 0.3) is 0 Å².